The largest absolute Gasteiger partial charge is 0.206 e. The summed E-state index contributed by atoms with van der Waals surface area (Å²) in [5.41, 5.74) is 1.53. The van der Waals surface area contributed by atoms with Crippen molar-refractivity contribution >= 4 is 0 Å². The molecular formula is C34H45F3. The quantitative estimate of drug-likeness (QED) is 0.220. The van der Waals surface area contributed by atoms with E-state index >= 15 is 4.39 Å². The lowest BCUT2D eigenvalue weighted by atomic mass is 9.68. The maximum absolute atomic E-state index is 15.1. The van der Waals surface area contributed by atoms with Crippen LogP contribution < -0.4 is 0 Å². The predicted molar refractivity (Wildman–Crippen MR) is 149 cm³/mol. The summed E-state index contributed by atoms with van der Waals surface area (Å²) in [7, 11) is 0. The van der Waals surface area contributed by atoms with Gasteiger partial charge in [-0.1, -0.05) is 69.5 Å². The lowest BCUT2D eigenvalue weighted by Gasteiger charge is -2.37. The lowest BCUT2D eigenvalue weighted by molar-refractivity contribution is 0.171. The van der Waals surface area contributed by atoms with Gasteiger partial charge in [-0.2, -0.15) is 0 Å². The zero-order chi connectivity index (χ0) is 26.2. The van der Waals surface area contributed by atoms with Gasteiger partial charge in [0.15, 0.2) is 11.6 Å². The van der Waals surface area contributed by atoms with Gasteiger partial charge in [0.05, 0.1) is 0 Å². The molecule has 2 aromatic rings. The normalized spacial score (nSPS) is 24.6. The predicted octanol–water partition coefficient (Wildman–Crippen LogP) is 10.9. The van der Waals surface area contributed by atoms with Crippen LogP contribution in [0.1, 0.15) is 114 Å². The van der Waals surface area contributed by atoms with Crippen molar-refractivity contribution in [3.63, 3.8) is 0 Å². The van der Waals surface area contributed by atoms with Gasteiger partial charge in [0.1, 0.15) is 5.82 Å². The van der Waals surface area contributed by atoms with Crippen LogP contribution in [0, 0.1) is 35.2 Å². The van der Waals surface area contributed by atoms with Gasteiger partial charge < -0.3 is 0 Å². The number of aryl methyl sites for hydroxylation is 1. The van der Waals surface area contributed by atoms with E-state index in [0.717, 1.165) is 49.0 Å². The van der Waals surface area contributed by atoms with Crippen LogP contribution in [0.3, 0.4) is 0 Å². The molecule has 2 aliphatic carbocycles. The van der Waals surface area contributed by atoms with Crippen LogP contribution in [-0.4, -0.2) is 0 Å². The van der Waals surface area contributed by atoms with Crippen LogP contribution in [0.25, 0.3) is 11.1 Å². The fourth-order valence-electron chi connectivity index (χ4n) is 6.70. The molecular weight excluding hydrogens is 465 g/mol. The smallest absolute Gasteiger partial charge is 0.167 e. The maximum Gasteiger partial charge on any atom is 0.167 e. The Morgan fingerprint density at radius 3 is 2.03 bits per heavy atom. The van der Waals surface area contributed by atoms with E-state index in [2.05, 4.69) is 19.1 Å². The summed E-state index contributed by atoms with van der Waals surface area (Å²) in [5.74, 6) is 0.547. The van der Waals surface area contributed by atoms with E-state index < -0.39 is 17.5 Å². The SMILES string of the molecule is CCCC/C=C/C1CCC(C2CCC(c3ccc(-c4ccc(CCCC)c(F)c4F)c(F)c3)CC2)CC1. The topological polar surface area (TPSA) is 0 Å². The van der Waals surface area contributed by atoms with Crippen molar-refractivity contribution in [2.75, 3.05) is 0 Å². The second-order valence-electron chi connectivity index (χ2n) is 11.6. The van der Waals surface area contributed by atoms with Crippen LogP contribution >= 0.6 is 0 Å². The second kappa shape index (κ2) is 13.7. The summed E-state index contributed by atoms with van der Waals surface area (Å²) in [4.78, 5) is 0. The van der Waals surface area contributed by atoms with Crippen LogP contribution in [0.5, 0.6) is 0 Å². The van der Waals surface area contributed by atoms with Crippen molar-refractivity contribution in [1.29, 1.82) is 0 Å². The van der Waals surface area contributed by atoms with Gasteiger partial charge in [0.2, 0.25) is 0 Å². The number of halogens is 3. The third-order valence-corrected chi connectivity index (χ3v) is 9.10. The summed E-state index contributed by atoms with van der Waals surface area (Å²) in [6.07, 6.45) is 20.9. The Morgan fingerprint density at radius 2 is 1.38 bits per heavy atom. The van der Waals surface area contributed by atoms with Crippen LogP contribution in [0.15, 0.2) is 42.5 Å². The highest BCUT2D eigenvalue weighted by Crippen LogP contribution is 2.44. The Bertz CT molecular complexity index is 1020. The van der Waals surface area contributed by atoms with Gasteiger partial charge in [-0.3, -0.25) is 0 Å². The molecule has 2 fully saturated rings. The van der Waals surface area contributed by atoms with E-state index in [9.17, 15) is 8.78 Å². The van der Waals surface area contributed by atoms with Gasteiger partial charge in [-0.15, -0.1) is 0 Å². The molecule has 3 heteroatoms. The molecule has 0 aromatic heterocycles. The zero-order valence-corrected chi connectivity index (χ0v) is 22.9. The average Bonchev–Trinajstić information content (AvgIpc) is 2.93. The minimum atomic E-state index is -0.938. The summed E-state index contributed by atoms with van der Waals surface area (Å²) in [5, 5.41) is 0. The van der Waals surface area contributed by atoms with Crippen molar-refractivity contribution in [2.24, 2.45) is 17.8 Å². The maximum atomic E-state index is 15.1. The Morgan fingerprint density at radius 1 is 0.730 bits per heavy atom. The van der Waals surface area contributed by atoms with Crippen molar-refractivity contribution in [1.82, 2.24) is 0 Å². The summed E-state index contributed by atoms with van der Waals surface area (Å²) in [6, 6.07) is 8.28. The molecule has 0 unspecified atom stereocenters. The number of allylic oxidation sites excluding steroid dienone is 2. The fraction of sp³-hybridized carbons (Fsp3) is 0.588. The number of benzene rings is 2. The molecule has 4 rings (SSSR count). The molecule has 0 spiro atoms. The standard InChI is InChI=1S/C34H45F3/c1-3-5-7-8-9-24-11-13-25(14-12-24)26-15-17-27(18-16-26)29-20-21-30(32(35)23-29)31-22-19-28(10-6-4-2)33(36)34(31)37/h8-9,19-27H,3-7,10-18H2,1-2H3/b9-8+. The highest BCUT2D eigenvalue weighted by atomic mass is 19.2. The number of hydrogen-bond acceptors (Lipinski definition) is 0. The van der Waals surface area contributed by atoms with Crippen molar-refractivity contribution < 1.29 is 13.2 Å². The first kappa shape index (κ1) is 28.0. The molecule has 0 N–H and O–H groups in total. The molecule has 0 bridgehead atoms. The Balaban J connectivity index is 1.32. The molecule has 2 aliphatic rings. The van der Waals surface area contributed by atoms with E-state index in [0.29, 0.717) is 17.9 Å². The van der Waals surface area contributed by atoms with Gasteiger partial charge in [-0.05, 0) is 111 Å². The molecule has 0 amide bonds. The van der Waals surface area contributed by atoms with E-state index in [4.69, 9.17) is 0 Å². The first-order valence-corrected chi connectivity index (χ1v) is 14.9. The van der Waals surface area contributed by atoms with E-state index in [1.165, 1.54) is 63.9 Å². The zero-order valence-electron chi connectivity index (χ0n) is 22.9. The van der Waals surface area contributed by atoms with E-state index in [1.54, 1.807) is 18.2 Å². The van der Waals surface area contributed by atoms with Crippen molar-refractivity contribution in [3.05, 3.63) is 71.1 Å². The molecule has 0 aliphatic heterocycles. The minimum absolute atomic E-state index is 0.0151. The molecule has 0 nitrogen and oxygen atoms in total. The van der Waals surface area contributed by atoms with Gasteiger partial charge >= 0.3 is 0 Å². The molecule has 37 heavy (non-hydrogen) atoms. The highest BCUT2D eigenvalue weighted by Gasteiger charge is 2.31. The number of rotatable bonds is 10. The molecule has 0 heterocycles. The van der Waals surface area contributed by atoms with Crippen LogP contribution in [-0.2, 0) is 6.42 Å². The minimum Gasteiger partial charge on any atom is -0.206 e. The average molecular weight is 511 g/mol. The molecule has 0 saturated heterocycles. The molecule has 0 radical (unpaired) electrons. The van der Waals surface area contributed by atoms with Gasteiger partial charge in [0.25, 0.3) is 0 Å². The van der Waals surface area contributed by atoms with E-state index in [-0.39, 0.29) is 11.1 Å². The lowest BCUT2D eigenvalue weighted by Crippen LogP contribution is -2.25. The molecule has 2 saturated carbocycles. The second-order valence-corrected chi connectivity index (χ2v) is 11.6. The fourth-order valence-corrected chi connectivity index (χ4v) is 6.70. The Labute approximate surface area is 222 Å². The van der Waals surface area contributed by atoms with E-state index in [1.807, 2.05) is 13.0 Å². The Kier molecular flexibility index (Phi) is 10.3. The van der Waals surface area contributed by atoms with Gasteiger partial charge in [0, 0.05) is 11.1 Å². The summed E-state index contributed by atoms with van der Waals surface area (Å²) < 4.78 is 44.5. The summed E-state index contributed by atoms with van der Waals surface area (Å²) >= 11 is 0. The van der Waals surface area contributed by atoms with Crippen molar-refractivity contribution in [3.8, 4) is 11.1 Å². The highest BCUT2D eigenvalue weighted by molar-refractivity contribution is 5.66. The van der Waals surface area contributed by atoms with Crippen molar-refractivity contribution in [2.45, 2.75) is 110 Å². The molecule has 202 valence electrons. The third kappa shape index (κ3) is 7.09. The Hall–Kier alpha value is -2.03. The van der Waals surface area contributed by atoms with Crippen LogP contribution in [0.2, 0.25) is 0 Å². The monoisotopic (exact) mass is 510 g/mol. The first-order chi connectivity index (χ1) is 18.0. The first-order valence-electron chi connectivity index (χ1n) is 14.9. The summed E-state index contributed by atoms with van der Waals surface area (Å²) in [6.45, 7) is 4.27. The third-order valence-electron chi connectivity index (χ3n) is 9.10. The molecule has 0 atom stereocenters. The van der Waals surface area contributed by atoms with Crippen LogP contribution in [0.4, 0.5) is 13.2 Å². The number of hydrogen-bond donors (Lipinski definition) is 0. The molecule has 2 aromatic carbocycles. The number of unbranched alkanes of at least 4 members (excludes halogenated alkanes) is 3. The van der Waals surface area contributed by atoms with Gasteiger partial charge in [-0.25, -0.2) is 13.2 Å².